The van der Waals surface area contributed by atoms with Crippen molar-refractivity contribution in [1.82, 2.24) is 0 Å². The molecule has 0 bridgehead atoms. The topological polar surface area (TPSA) is 118 Å². The van der Waals surface area contributed by atoms with Crippen LogP contribution in [0.3, 0.4) is 0 Å². The summed E-state index contributed by atoms with van der Waals surface area (Å²) in [6.45, 7) is 0. The predicted octanol–water partition coefficient (Wildman–Crippen LogP) is 0.891. The van der Waals surface area contributed by atoms with E-state index in [2.05, 4.69) is 0 Å². The molecule has 0 saturated carbocycles. The van der Waals surface area contributed by atoms with Gasteiger partial charge in [0.25, 0.3) is 0 Å². The Morgan fingerprint density at radius 2 is 1.83 bits per heavy atom. The second-order valence-electron chi connectivity index (χ2n) is 3.69. The SMILES string of the molecule is NS(=O)(=O)c1ccc2c(O)c(C(=O)O)ccc2c1. The lowest BCUT2D eigenvalue weighted by Gasteiger charge is -2.06. The highest BCUT2D eigenvalue weighted by Crippen LogP contribution is 2.30. The smallest absolute Gasteiger partial charge is 0.339 e. The first-order chi connectivity index (χ1) is 8.30. The van der Waals surface area contributed by atoms with Crippen LogP contribution in [0.2, 0.25) is 0 Å². The molecule has 0 saturated heterocycles. The Morgan fingerprint density at radius 1 is 1.17 bits per heavy atom. The van der Waals surface area contributed by atoms with Gasteiger partial charge in [0, 0.05) is 5.39 Å². The summed E-state index contributed by atoms with van der Waals surface area (Å²) in [6, 6.07) is 6.41. The van der Waals surface area contributed by atoms with Crippen molar-refractivity contribution in [2.45, 2.75) is 4.90 Å². The van der Waals surface area contributed by atoms with Crippen molar-refractivity contribution in [3.63, 3.8) is 0 Å². The van der Waals surface area contributed by atoms with Crippen LogP contribution in [0.25, 0.3) is 10.8 Å². The molecule has 0 radical (unpaired) electrons. The van der Waals surface area contributed by atoms with E-state index in [1.54, 1.807) is 0 Å². The van der Waals surface area contributed by atoms with Crippen LogP contribution in [-0.4, -0.2) is 24.6 Å². The molecule has 0 heterocycles. The zero-order valence-electron chi connectivity index (χ0n) is 8.99. The van der Waals surface area contributed by atoms with E-state index in [1.807, 2.05) is 0 Å². The van der Waals surface area contributed by atoms with Crippen molar-refractivity contribution in [3.8, 4) is 5.75 Å². The average molecular weight is 267 g/mol. The van der Waals surface area contributed by atoms with Crippen molar-refractivity contribution in [2.75, 3.05) is 0 Å². The molecular formula is C11H9NO5S. The summed E-state index contributed by atoms with van der Waals surface area (Å²) >= 11 is 0. The number of benzene rings is 2. The molecule has 94 valence electrons. The van der Waals surface area contributed by atoms with E-state index in [-0.39, 0.29) is 15.8 Å². The van der Waals surface area contributed by atoms with E-state index in [4.69, 9.17) is 10.2 Å². The predicted molar refractivity (Wildman–Crippen MR) is 63.9 cm³/mol. The third-order valence-electron chi connectivity index (χ3n) is 2.52. The Hall–Kier alpha value is -2.12. The number of sulfonamides is 1. The Bertz CT molecular complexity index is 751. The van der Waals surface area contributed by atoms with E-state index in [9.17, 15) is 18.3 Å². The number of carboxylic acid groups (broad SMARTS) is 1. The Morgan fingerprint density at radius 3 is 2.39 bits per heavy atom. The van der Waals surface area contributed by atoms with E-state index < -0.39 is 21.7 Å². The standard InChI is InChI=1S/C11H9NO5S/c12-18(16,17)7-2-4-8-6(5-7)1-3-9(10(8)13)11(14)15/h1-5,13H,(H,14,15)(H2,12,16,17). The number of rotatable bonds is 2. The minimum Gasteiger partial charge on any atom is -0.506 e. The molecular weight excluding hydrogens is 258 g/mol. The first-order valence-corrected chi connectivity index (χ1v) is 6.37. The van der Waals surface area contributed by atoms with Gasteiger partial charge in [0.15, 0.2) is 0 Å². The highest BCUT2D eigenvalue weighted by molar-refractivity contribution is 7.89. The number of primary sulfonamides is 1. The fourth-order valence-electron chi connectivity index (χ4n) is 1.64. The van der Waals surface area contributed by atoms with Crippen molar-refractivity contribution in [2.24, 2.45) is 5.14 Å². The monoisotopic (exact) mass is 267 g/mol. The molecule has 2 rings (SSSR count). The summed E-state index contributed by atoms with van der Waals surface area (Å²) in [6.07, 6.45) is 0. The van der Waals surface area contributed by atoms with Crippen LogP contribution in [0.5, 0.6) is 5.75 Å². The third kappa shape index (κ3) is 2.01. The van der Waals surface area contributed by atoms with Gasteiger partial charge in [-0.3, -0.25) is 0 Å². The van der Waals surface area contributed by atoms with Crippen LogP contribution < -0.4 is 5.14 Å². The quantitative estimate of drug-likeness (QED) is 0.746. The van der Waals surface area contributed by atoms with Crippen LogP contribution >= 0.6 is 0 Å². The molecule has 0 aliphatic heterocycles. The normalized spacial score (nSPS) is 11.6. The van der Waals surface area contributed by atoms with Crippen LogP contribution in [0, 0.1) is 0 Å². The maximum Gasteiger partial charge on any atom is 0.339 e. The number of hydrogen-bond donors (Lipinski definition) is 3. The van der Waals surface area contributed by atoms with Gasteiger partial charge in [-0.15, -0.1) is 0 Å². The first-order valence-electron chi connectivity index (χ1n) is 4.82. The number of aromatic hydroxyl groups is 1. The molecule has 2 aromatic carbocycles. The molecule has 0 unspecified atom stereocenters. The number of aromatic carboxylic acids is 1. The van der Waals surface area contributed by atoms with Crippen molar-refractivity contribution < 1.29 is 23.4 Å². The maximum absolute atomic E-state index is 11.2. The summed E-state index contributed by atoms with van der Waals surface area (Å²) in [4.78, 5) is 10.7. The third-order valence-corrected chi connectivity index (χ3v) is 3.43. The number of carboxylic acids is 1. The molecule has 0 aliphatic rings. The summed E-state index contributed by atoms with van der Waals surface area (Å²) < 4.78 is 22.3. The largest absolute Gasteiger partial charge is 0.506 e. The molecule has 0 aromatic heterocycles. The van der Waals surface area contributed by atoms with Crippen molar-refractivity contribution in [1.29, 1.82) is 0 Å². The van der Waals surface area contributed by atoms with Crippen LogP contribution in [-0.2, 0) is 10.0 Å². The number of phenols is 1. The van der Waals surface area contributed by atoms with Crippen LogP contribution in [0.15, 0.2) is 35.2 Å². The molecule has 0 spiro atoms. The van der Waals surface area contributed by atoms with Gasteiger partial charge in [-0.25, -0.2) is 18.4 Å². The van der Waals surface area contributed by atoms with E-state index in [1.165, 1.54) is 30.3 Å². The highest BCUT2D eigenvalue weighted by atomic mass is 32.2. The fraction of sp³-hybridized carbons (Fsp3) is 0. The maximum atomic E-state index is 11.2. The summed E-state index contributed by atoms with van der Waals surface area (Å²) in [5, 5.41) is 24.2. The van der Waals surface area contributed by atoms with Gasteiger partial charge < -0.3 is 10.2 Å². The van der Waals surface area contributed by atoms with Crippen molar-refractivity contribution in [3.05, 3.63) is 35.9 Å². The highest BCUT2D eigenvalue weighted by Gasteiger charge is 2.14. The number of carbonyl (C=O) groups is 1. The van der Waals surface area contributed by atoms with Crippen molar-refractivity contribution >= 4 is 26.8 Å². The molecule has 18 heavy (non-hydrogen) atoms. The van der Waals surface area contributed by atoms with Gasteiger partial charge in [0.1, 0.15) is 11.3 Å². The minimum atomic E-state index is -3.83. The number of fused-ring (bicyclic) bond motifs is 1. The lowest BCUT2D eigenvalue weighted by Crippen LogP contribution is -2.11. The lowest BCUT2D eigenvalue weighted by atomic mass is 10.1. The van der Waals surface area contributed by atoms with E-state index >= 15 is 0 Å². The van der Waals surface area contributed by atoms with Gasteiger partial charge in [-0.05, 0) is 29.7 Å². The van der Waals surface area contributed by atoms with Gasteiger partial charge in [0.2, 0.25) is 10.0 Å². The van der Waals surface area contributed by atoms with Crippen LogP contribution in [0.1, 0.15) is 10.4 Å². The second-order valence-corrected chi connectivity index (χ2v) is 5.26. The zero-order chi connectivity index (χ0) is 13.5. The first kappa shape index (κ1) is 12.3. The zero-order valence-corrected chi connectivity index (χ0v) is 9.81. The Kier molecular flexibility index (Phi) is 2.72. The van der Waals surface area contributed by atoms with Crippen LogP contribution in [0.4, 0.5) is 0 Å². The molecule has 0 aliphatic carbocycles. The second kappa shape index (κ2) is 3.97. The Balaban J connectivity index is 2.77. The minimum absolute atomic E-state index is 0.0996. The van der Waals surface area contributed by atoms with E-state index in [0.717, 1.165) is 0 Å². The summed E-state index contributed by atoms with van der Waals surface area (Å²) in [7, 11) is -3.83. The molecule has 7 heteroatoms. The molecule has 0 amide bonds. The van der Waals surface area contributed by atoms with E-state index in [0.29, 0.717) is 5.39 Å². The van der Waals surface area contributed by atoms with Gasteiger partial charge in [-0.2, -0.15) is 0 Å². The molecule has 4 N–H and O–H groups in total. The van der Waals surface area contributed by atoms with Gasteiger partial charge in [-0.1, -0.05) is 6.07 Å². The lowest BCUT2D eigenvalue weighted by molar-refractivity contribution is 0.0694. The molecule has 6 nitrogen and oxygen atoms in total. The summed E-state index contributed by atoms with van der Waals surface area (Å²) in [5.74, 6) is -1.66. The fourth-order valence-corrected chi connectivity index (χ4v) is 2.19. The Labute approximate surface area is 102 Å². The van der Waals surface area contributed by atoms with Gasteiger partial charge in [0.05, 0.1) is 4.90 Å². The molecule has 2 aromatic rings. The number of nitrogens with two attached hydrogens (primary N) is 1. The summed E-state index contributed by atoms with van der Waals surface area (Å²) in [5.41, 5.74) is -0.245. The number of hydrogen-bond acceptors (Lipinski definition) is 4. The molecule has 0 atom stereocenters. The molecule has 0 fully saturated rings. The van der Waals surface area contributed by atoms with Gasteiger partial charge >= 0.3 is 5.97 Å². The average Bonchev–Trinajstić information content (AvgIpc) is 2.27.